The van der Waals surface area contributed by atoms with Crippen LogP contribution >= 0.6 is 35.2 Å². The molecule has 3 heterocycles. The molecular formula is C31H50N7O18P3S-4. The normalized spacial score (nSPS) is 21.0. The number of amides is 2. The number of hydrogen-bond donors (Lipinski definition) is 6. The summed E-state index contributed by atoms with van der Waals surface area (Å²) in [6.07, 6.45) is -0.502. The van der Waals surface area contributed by atoms with Crippen molar-refractivity contribution >= 4 is 69.1 Å². The van der Waals surface area contributed by atoms with Crippen molar-refractivity contribution in [2.45, 2.75) is 102 Å². The molecule has 2 unspecified atom stereocenters. The monoisotopic (exact) mass is 933 g/mol. The topological polar surface area (TPSA) is 395 Å². The smallest absolute Gasteiger partial charge is 0.274 e. The van der Waals surface area contributed by atoms with Gasteiger partial charge in [0.05, 0.1) is 27.4 Å². The first-order chi connectivity index (χ1) is 28.1. The fourth-order valence-corrected chi connectivity index (χ4v) is 9.07. The number of aliphatic hydroxyl groups excluding tert-OH is 3. The van der Waals surface area contributed by atoms with Crippen molar-refractivity contribution in [2.75, 3.05) is 44.4 Å². The van der Waals surface area contributed by atoms with Crippen LogP contribution in [0, 0.1) is 5.41 Å². The van der Waals surface area contributed by atoms with Crippen LogP contribution in [0.25, 0.3) is 11.2 Å². The maximum absolute atomic E-state index is 12.6. The quantitative estimate of drug-likeness (QED) is 0.0407. The Labute approximate surface area is 348 Å². The Morgan fingerprint density at radius 1 is 0.967 bits per heavy atom. The van der Waals surface area contributed by atoms with Crippen LogP contribution in [0.3, 0.4) is 0 Å². The Balaban J connectivity index is 1.40. The Bertz CT molecular complexity index is 1870. The van der Waals surface area contributed by atoms with Gasteiger partial charge >= 0.3 is 0 Å². The van der Waals surface area contributed by atoms with Crippen LogP contribution in [0.5, 0.6) is 0 Å². The third-order valence-electron chi connectivity index (χ3n) is 8.78. The maximum atomic E-state index is 12.6. The minimum atomic E-state index is -5.92. The number of nitrogens with two attached hydrogens (primary N) is 1. The molecular weight excluding hydrogens is 883 g/mol. The van der Waals surface area contributed by atoms with Crippen molar-refractivity contribution in [3.8, 4) is 0 Å². The number of carbonyl (C=O) groups is 3. The zero-order valence-corrected chi connectivity index (χ0v) is 36.2. The van der Waals surface area contributed by atoms with Crippen LogP contribution in [0.2, 0.25) is 0 Å². The van der Waals surface area contributed by atoms with Gasteiger partial charge in [0.25, 0.3) is 15.6 Å². The fourth-order valence-electron chi connectivity index (χ4n) is 5.61. The number of carbonyl (C=O) groups excluding carboxylic acids is 3. The highest BCUT2D eigenvalue weighted by molar-refractivity contribution is 8.13. The lowest BCUT2D eigenvalue weighted by Gasteiger charge is -2.36. The standard InChI is InChI=1S/C31H54N7O18P3S/c1-31(2,26(43)29(44)34-12-11-21(40)33-13-15-60-22(41)10-8-6-4-3-5-7-9-14-39)17-53-59(50,51)56-58(48,49)52-16-20-25(55-57(45,46)47)24(42)30(54-20)38-19-37-23-27(32)35-18-36-28(23)38/h18-20,24-26,30,39,42-43H,3-17H2,1-2H3,(H,33,40)(H,34,44)(H,48,49)(H,50,51)(H2,32,35,36)(H2,45,46,47)/p-4/t20-,24-,25-,26+,30-/m1/s1. The molecule has 3 rings (SSSR count). The van der Waals surface area contributed by atoms with Crippen molar-refractivity contribution in [1.29, 1.82) is 0 Å². The Morgan fingerprint density at radius 2 is 1.62 bits per heavy atom. The van der Waals surface area contributed by atoms with Crippen molar-refractivity contribution < 1.29 is 85.6 Å². The molecule has 2 aromatic rings. The molecule has 7 atom stereocenters. The van der Waals surface area contributed by atoms with Crippen molar-refractivity contribution in [2.24, 2.45) is 5.41 Å². The van der Waals surface area contributed by atoms with Crippen molar-refractivity contribution in [3.63, 3.8) is 0 Å². The van der Waals surface area contributed by atoms with E-state index < -0.39 is 84.6 Å². The molecule has 29 heteroatoms. The van der Waals surface area contributed by atoms with E-state index in [1.165, 1.54) is 13.8 Å². The van der Waals surface area contributed by atoms with E-state index in [1.54, 1.807) is 0 Å². The van der Waals surface area contributed by atoms with Crippen LogP contribution < -0.4 is 35.9 Å². The van der Waals surface area contributed by atoms with Crippen LogP contribution in [0.4, 0.5) is 5.82 Å². The molecule has 1 aliphatic rings. The molecule has 0 spiro atoms. The minimum Gasteiger partial charge on any atom is -0.790 e. The predicted octanol–water partition coefficient (Wildman–Crippen LogP) is -1.75. The molecule has 342 valence electrons. The van der Waals surface area contributed by atoms with Gasteiger partial charge in [0.1, 0.15) is 36.3 Å². The lowest BCUT2D eigenvalue weighted by molar-refractivity contribution is -0.347. The first kappa shape index (κ1) is 51.9. The van der Waals surface area contributed by atoms with E-state index in [0.717, 1.165) is 73.9 Å². The van der Waals surface area contributed by atoms with Crippen LogP contribution in [0.1, 0.15) is 77.9 Å². The average Bonchev–Trinajstić information content (AvgIpc) is 3.72. The lowest BCUT2D eigenvalue weighted by atomic mass is 9.87. The Kier molecular flexibility index (Phi) is 20.6. The molecule has 2 amide bonds. The summed E-state index contributed by atoms with van der Waals surface area (Å²) in [5.41, 5.74) is 4.07. The molecule has 25 nitrogen and oxygen atoms in total. The molecule has 0 aromatic carbocycles. The van der Waals surface area contributed by atoms with Crippen molar-refractivity contribution in [3.05, 3.63) is 12.7 Å². The number of nitrogen functional groups attached to an aromatic ring is 1. The largest absolute Gasteiger partial charge is 0.790 e. The number of thioether (sulfide) groups is 1. The van der Waals surface area contributed by atoms with E-state index in [-0.39, 0.29) is 48.2 Å². The third kappa shape index (κ3) is 17.4. The SMILES string of the molecule is CC(C)(COP(=O)([O-])OP(=O)([O-])OC[C@H]1O[C@@H](n2cnc3c(N)ncnc32)[C@H](O)[C@@H]1OP(=O)([O-])[O-])[C@@H](O)C(=O)NCCC(=O)NCCSC(=O)CCCCCCCCCO. The summed E-state index contributed by atoms with van der Waals surface area (Å²) in [5, 5.41) is 35.1. The Hall–Kier alpha value is -2.48. The number of aromatic nitrogens is 4. The first-order valence-corrected chi connectivity index (χ1v) is 24.0. The van der Waals surface area contributed by atoms with Gasteiger partial charge in [0.15, 0.2) is 22.8 Å². The number of ether oxygens (including phenoxy) is 1. The van der Waals surface area contributed by atoms with Crippen LogP contribution in [0.15, 0.2) is 12.7 Å². The van der Waals surface area contributed by atoms with Crippen LogP contribution in [-0.2, 0) is 50.7 Å². The number of imidazole rings is 1. The fraction of sp³-hybridized carbons (Fsp3) is 0.742. The van der Waals surface area contributed by atoms with Gasteiger partial charge in [-0.3, -0.25) is 28.1 Å². The number of fused-ring (bicyclic) bond motifs is 1. The Morgan fingerprint density at radius 3 is 2.28 bits per heavy atom. The summed E-state index contributed by atoms with van der Waals surface area (Å²) in [7, 11) is -17.6. The number of unbranched alkanes of at least 4 members (excludes halogenated alkanes) is 6. The maximum Gasteiger partial charge on any atom is 0.274 e. The second kappa shape index (κ2) is 23.8. The lowest BCUT2D eigenvalue weighted by Crippen LogP contribution is -2.46. The summed E-state index contributed by atoms with van der Waals surface area (Å²) in [4.78, 5) is 96.3. The number of nitrogens with one attached hydrogen (secondary N) is 2. The van der Waals surface area contributed by atoms with Gasteiger partial charge in [-0.1, -0.05) is 57.7 Å². The summed E-state index contributed by atoms with van der Waals surface area (Å²) < 4.78 is 60.6. The number of rotatable bonds is 28. The molecule has 0 saturated carbocycles. The number of phosphoric acid groups is 3. The van der Waals surface area contributed by atoms with Gasteiger partial charge in [0.2, 0.25) is 11.8 Å². The summed E-state index contributed by atoms with van der Waals surface area (Å²) in [5.74, 6) is -1.19. The molecule has 1 saturated heterocycles. The molecule has 0 radical (unpaired) electrons. The van der Waals surface area contributed by atoms with Gasteiger partial charge < -0.3 is 74.1 Å². The van der Waals surface area contributed by atoms with Gasteiger partial charge in [-0.05, 0) is 12.8 Å². The molecule has 0 bridgehead atoms. The zero-order chi connectivity index (χ0) is 44.7. The third-order valence-corrected chi connectivity index (χ3v) is 12.7. The van der Waals surface area contributed by atoms with E-state index >= 15 is 0 Å². The van der Waals surface area contributed by atoms with E-state index in [0.29, 0.717) is 12.2 Å². The second-order valence-corrected chi connectivity index (χ2v) is 19.4. The number of phosphoric ester groups is 3. The van der Waals surface area contributed by atoms with E-state index in [4.69, 9.17) is 15.6 Å². The predicted molar refractivity (Wildman–Crippen MR) is 202 cm³/mol. The number of nitrogens with zero attached hydrogens (tertiary/aromatic N) is 4. The van der Waals surface area contributed by atoms with E-state index in [9.17, 15) is 57.9 Å². The van der Waals surface area contributed by atoms with Gasteiger partial charge in [0, 0.05) is 43.7 Å². The second-order valence-electron chi connectivity index (χ2n) is 14.2. The highest BCUT2D eigenvalue weighted by Crippen LogP contribution is 2.56. The summed E-state index contributed by atoms with van der Waals surface area (Å²) in [6.45, 7) is 0.311. The number of hydrogen-bond acceptors (Lipinski definition) is 23. The van der Waals surface area contributed by atoms with E-state index in [2.05, 4.69) is 43.5 Å². The van der Waals surface area contributed by atoms with Gasteiger partial charge in [-0.25, -0.2) is 19.3 Å². The van der Waals surface area contributed by atoms with Crippen LogP contribution in [-0.4, -0.2) is 115 Å². The highest BCUT2D eigenvalue weighted by Gasteiger charge is 2.47. The number of anilines is 1. The molecule has 0 aliphatic carbocycles. The molecule has 2 aromatic heterocycles. The summed E-state index contributed by atoms with van der Waals surface area (Å²) in [6, 6.07) is 0. The summed E-state index contributed by atoms with van der Waals surface area (Å²) >= 11 is 1.11. The molecule has 1 aliphatic heterocycles. The minimum absolute atomic E-state index is 0.0187. The molecule has 60 heavy (non-hydrogen) atoms. The number of aliphatic hydroxyl groups is 3. The molecule has 7 N–H and O–H groups in total. The average molecular weight is 934 g/mol. The highest BCUT2D eigenvalue weighted by atomic mass is 32.2. The van der Waals surface area contributed by atoms with Gasteiger partial charge in [-0.2, -0.15) is 0 Å². The zero-order valence-electron chi connectivity index (χ0n) is 32.7. The van der Waals surface area contributed by atoms with E-state index in [1.807, 2.05) is 0 Å². The van der Waals surface area contributed by atoms with Crippen molar-refractivity contribution in [1.82, 2.24) is 30.2 Å². The first-order valence-electron chi connectivity index (χ1n) is 18.6. The molecule has 1 fully saturated rings. The van der Waals surface area contributed by atoms with Gasteiger partial charge in [-0.15, -0.1) is 0 Å².